The van der Waals surface area contributed by atoms with Crippen molar-refractivity contribution >= 4 is 5.91 Å². The van der Waals surface area contributed by atoms with Crippen LogP contribution in [0.2, 0.25) is 0 Å². The van der Waals surface area contributed by atoms with Gasteiger partial charge in [-0.15, -0.1) is 0 Å². The molecule has 1 amide bonds. The fraction of sp³-hybridized carbons (Fsp3) is 0.900. The van der Waals surface area contributed by atoms with Gasteiger partial charge < -0.3 is 16.2 Å². The van der Waals surface area contributed by atoms with Crippen LogP contribution in [0.1, 0.15) is 26.7 Å². The van der Waals surface area contributed by atoms with Crippen LogP contribution in [0.5, 0.6) is 0 Å². The van der Waals surface area contributed by atoms with E-state index in [9.17, 15) is 4.79 Å². The van der Waals surface area contributed by atoms with Crippen molar-refractivity contribution in [2.75, 3.05) is 13.2 Å². The van der Waals surface area contributed by atoms with E-state index in [0.29, 0.717) is 12.5 Å². The molecule has 0 bridgehead atoms. The fourth-order valence-corrected chi connectivity index (χ4v) is 1.39. The van der Waals surface area contributed by atoms with Crippen molar-refractivity contribution in [3.05, 3.63) is 0 Å². The molecule has 1 fully saturated rings. The molecule has 2 atom stereocenters. The Hall–Kier alpha value is -0.610. The molecule has 2 unspecified atom stereocenters. The summed E-state index contributed by atoms with van der Waals surface area (Å²) >= 11 is 0. The van der Waals surface area contributed by atoms with Crippen LogP contribution in [0.25, 0.3) is 0 Å². The number of rotatable bonds is 5. The van der Waals surface area contributed by atoms with Gasteiger partial charge in [-0.05, 0) is 31.6 Å². The largest absolute Gasteiger partial charge is 0.396 e. The second-order valence-corrected chi connectivity index (χ2v) is 4.55. The summed E-state index contributed by atoms with van der Waals surface area (Å²) in [6.45, 7) is 4.24. The fourth-order valence-electron chi connectivity index (χ4n) is 1.39. The number of aliphatic hydroxyl groups excluding tert-OH is 1. The molecule has 4 nitrogen and oxygen atoms in total. The molecule has 82 valence electrons. The smallest absolute Gasteiger partial charge is 0.240 e. The van der Waals surface area contributed by atoms with Crippen LogP contribution in [0.4, 0.5) is 0 Å². The Kier molecular flexibility index (Phi) is 3.50. The minimum absolute atomic E-state index is 0.0883. The third-order valence-corrected chi connectivity index (χ3v) is 2.84. The summed E-state index contributed by atoms with van der Waals surface area (Å²) in [5.74, 6) is 0.334. The molecule has 1 aliphatic carbocycles. The molecule has 0 spiro atoms. The second kappa shape index (κ2) is 4.28. The number of carbonyl (C=O) groups is 1. The molecule has 0 heterocycles. The summed E-state index contributed by atoms with van der Waals surface area (Å²) < 4.78 is 0. The van der Waals surface area contributed by atoms with Gasteiger partial charge in [-0.2, -0.15) is 0 Å². The molecular formula is C10H20N2O2. The summed E-state index contributed by atoms with van der Waals surface area (Å²) in [6.07, 6.45) is 2.10. The van der Waals surface area contributed by atoms with Crippen molar-refractivity contribution in [1.29, 1.82) is 0 Å². The number of nitrogens with one attached hydrogen (secondary N) is 1. The van der Waals surface area contributed by atoms with Gasteiger partial charge in [-0.25, -0.2) is 0 Å². The van der Waals surface area contributed by atoms with E-state index in [0.717, 1.165) is 12.8 Å². The molecule has 0 aromatic rings. The van der Waals surface area contributed by atoms with Crippen molar-refractivity contribution in [3.63, 3.8) is 0 Å². The molecule has 0 aliphatic heterocycles. The predicted octanol–water partition coefficient (Wildman–Crippen LogP) is -0.142. The molecule has 1 aliphatic rings. The molecule has 1 rings (SSSR count). The topological polar surface area (TPSA) is 75.3 Å². The Bertz CT molecular complexity index is 212. The van der Waals surface area contributed by atoms with E-state index >= 15 is 0 Å². The summed E-state index contributed by atoms with van der Waals surface area (Å²) in [5, 5.41) is 11.6. The third kappa shape index (κ3) is 2.69. The Morgan fingerprint density at radius 2 is 2.29 bits per heavy atom. The first-order valence-corrected chi connectivity index (χ1v) is 5.16. The van der Waals surface area contributed by atoms with Gasteiger partial charge in [0.05, 0.1) is 5.54 Å². The van der Waals surface area contributed by atoms with Gasteiger partial charge >= 0.3 is 0 Å². The van der Waals surface area contributed by atoms with Gasteiger partial charge in [-0.1, -0.05) is 6.92 Å². The lowest BCUT2D eigenvalue weighted by molar-refractivity contribution is -0.126. The maximum atomic E-state index is 11.6. The number of hydrogen-bond donors (Lipinski definition) is 3. The Balaban J connectivity index is 2.33. The van der Waals surface area contributed by atoms with E-state index in [1.165, 1.54) is 0 Å². The maximum absolute atomic E-state index is 11.6. The molecule has 0 aromatic carbocycles. The first-order valence-electron chi connectivity index (χ1n) is 5.16. The van der Waals surface area contributed by atoms with Gasteiger partial charge in [0.2, 0.25) is 5.91 Å². The minimum atomic E-state index is -0.727. The summed E-state index contributed by atoms with van der Waals surface area (Å²) in [7, 11) is 0. The zero-order valence-electron chi connectivity index (χ0n) is 8.92. The summed E-state index contributed by atoms with van der Waals surface area (Å²) in [6, 6.07) is 0. The predicted molar refractivity (Wildman–Crippen MR) is 54.6 cm³/mol. The van der Waals surface area contributed by atoms with Crippen LogP contribution in [-0.4, -0.2) is 29.7 Å². The van der Waals surface area contributed by atoms with E-state index in [4.69, 9.17) is 10.8 Å². The summed E-state index contributed by atoms with van der Waals surface area (Å²) in [4.78, 5) is 11.6. The van der Waals surface area contributed by atoms with E-state index < -0.39 is 5.54 Å². The monoisotopic (exact) mass is 200 g/mol. The van der Waals surface area contributed by atoms with Crippen LogP contribution in [0.15, 0.2) is 0 Å². The SMILES string of the molecule is CC(CO)CNC(=O)C(C)(N)C1CC1. The van der Waals surface area contributed by atoms with E-state index in [1.807, 2.05) is 6.92 Å². The van der Waals surface area contributed by atoms with E-state index in [2.05, 4.69) is 5.32 Å². The lowest BCUT2D eigenvalue weighted by atomic mass is 9.96. The molecule has 4 N–H and O–H groups in total. The van der Waals surface area contributed by atoms with Gasteiger partial charge in [0.15, 0.2) is 0 Å². The number of hydrogen-bond acceptors (Lipinski definition) is 3. The zero-order valence-corrected chi connectivity index (χ0v) is 8.92. The molecule has 0 saturated heterocycles. The Morgan fingerprint density at radius 3 is 2.71 bits per heavy atom. The average Bonchev–Trinajstić information content (AvgIpc) is 2.96. The molecule has 14 heavy (non-hydrogen) atoms. The first kappa shape index (κ1) is 11.5. The van der Waals surface area contributed by atoms with Crippen molar-refractivity contribution in [2.45, 2.75) is 32.2 Å². The number of amides is 1. The second-order valence-electron chi connectivity index (χ2n) is 4.55. The number of aliphatic hydroxyl groups is 1. The quantitative estimate of drug-likeness (QED) is 0.578. The lowest BCUT2D eigenvalue weighted by Crippen LogP contribution is -2.54. The third-order valence-electron chi connectivity index (χ3n) is 2.84. The number of carbonyl (C=O) groups excluding carboxylic acids is 1. The van der Waals surface area contributed by atoms with Gasteiger partial charge in [0, 0.05) is 13.2 Å². The highest BCUT2D eigenvalue weighted by atomic mass is 16.3. The van der Waals surface area contributed by atoms with Crippen molar-refractivity contribution in [3.8, 4) is 0 Å². The van der Waals surface area contributed by atoms with E-state index in [1.54, 1.807) is 6.92 Å². The Labute approximate surface area is 84.9 Å². The molecular weight excluding hydrogens is 180 g/mol. The van der Waals surface area contributed by atoms with Gasteiger partial charge in [0.1, 0.15) is 0 Å². The first-order chi connectivity index (χ1) is 6.48. The zero-order chi connectivity index (χ0) is 10.8. The molecule has 0 radical (unpaired) electrons. The van der Waals surface area contributed by atoms with Crippen molar-refractivity contribution in [2.24, 2.45) is 17.6 Å². The molecule has 4 heteroatoms. The van der Waals surface area contributed by atoms with Gasteiger partial charge in [-0.3, -0.25) is 4.79 Å². The highest BCUT2D eigenvalue weighted by molar-refractivity contribution is 5.86. The van der Waals surface area contributed by atoms with Crippen LogP contribution in [0.3, 0.4) is 0 Å². The highest BCUT2D eigenvalue weighted by Gasteiger charge is 2.43. The lowest BCUT2D eigenvalue weighted by Gasteiger charge is -2.23. The Morgan fingerprint density at radius 1 is 1.71 bits per heavy atom. The van der Waals surface area contributed by atoms with Gasteiger partial charge in [0.25, 0.3) is 0 Å². The van der Waals surface area contributed by atoms with Crippen LogP contribution in [-0.2, 0) is 4.79 Å². The highest BCUT2D eigenvalue weighted by Crippen LogP contribution is 2.38. The maximum Gasteiger partial charge on any atom is 0.240 e. The van der Waals surface area contributed by atoms with Crippen molar-refractivity contribution in [1.82, 2.24) is 5.32 Å². The normalized spacial score (nSPS) is 22.6. The van der Waals surface area contributed by atoms with Crippen molar-refractivity contribution < 1.29 is 9.90 Å². The van der Waals surface area contributed by atoms with E-state index in [-0.39, 0.29) is 18.4 Å². The summed E-state index contributed by atoms with van der Waals surface area (Å²) in [5.41, 5.74) is 5.19. The molecule has 0 aromatic heterocycles. The van der Waals surface area contributed by atoms with Crippen LogP contribution < -0.4 is 11.1 Å². The molecule has 1 saturated carbocycles. The van der Waals surface area contributed by atoms with Crippen LogP contribution in [0, 0.1) is 11.8 Å². The number of nitrogens with two attached hydrogens (primary N) is 1. The average molecular weight is 200 g/mol. The minimum Gasteiger partial charge on any atom is -0.396 e. The van der Waals surface area contributed by atoms with Crippen LogP contribution >= 0.6 is 0 Å². The standard InChI is InChI=1S/C10H20N2O2/c1-7(6-13)5-12-9(14)10(2,11)8-3-4-8/h7-8,13H,3-6,11H2,1-2H3,(H,12,14).